The van der Waals surface area contributed by atoms with Crippen molar-refractivity contribution in [3.63, 3.8) is 0 Å². The van der Waals surface area contributed by atoms with Crippen LogP contribution in [0.15, 0.2) is 10.5 Å². The average molecular weight is 206 g/mol. The Hall–Kier alpha value is -1.65. The fourth-order valence-electron chi connectivity index (χ4n) is 1.46. The molecule has 0 N–H and O–H groups in total. The Balaban J connectivity index is 2.17. The molecule has 2 rings (SSSR count). The fraction of sp³-hybridized carbons (Fsp3) is 0.500. The highest BCUT2D eigenvalue weighted by Crippen LogP contribution is 2.06. The highest BCUT2D eigenvalue weighted by molar-refractivity contribution is 5.07. The first kappa shape index (κ1) is 9.89. The molecule has 5 heteroatoms. The third-order valence-corrected chi connectivity index (χ3v) is 2.20. The summed E-state index contributed by atoms with van der Waals surface area (Å²) in [5.41, 5.74) is 2.10. The summed E-state index contributed by atoms with van der Waals surface area (Å²) in [6, 6.07) is 2.02. The molecule has 0 aliphatic rings. The number of nitrogens with zero attached hydrogens (tertiary/aromatic N) is 4. The molecular formula is C10H14N4O. The Labute approximate surface area is 88.1 Å². The van der Waals surface area contributed by atoms with Crippen LogP contribution < -0.4 is 0 Å². The molecule has 2 aromatic heterocycles. The van der Waals surface area contributed by atoms with Crippen molar-refractivity contribution in [2.75, 3.05) is 0 Å². The molecule has 0 aliphatic carbocycles. The van der Waals surface area contributed by atoms with Crippen LogP contribution in [0.3, 0.4) is 0 Å². The monoisotopic (exact) mass is 206 g/mol. The number of aromatic nitrogens is 4. The van der Waals surface area contributed by atoms with Crippen molar-refractivity contribution in [2.45, 2.75) is 33.7 Å². The van der Waals surface area contributed by atoms with Gasteiger partial charge in [-0.15, -0.1) is 10.2 Å². The standard InChI is InChI=1S/C10H14N4O/c1-4-9-11-12-10(15-9)6-14-8(3)5-7(2)13-14/h5H,4,6H2,1-3H3. The topological polar surface area (TPSA) is 56.7 Å². The van der Waals surface area contributed by atoms with E-state index in [0.717, 1.165) is 17.8 Å². The molecule has 0 atom stereocenters. The summed E-state index contributed by atoms with van der Waals surface area (Å²) in [6.07, 6.45) is 0.768. The summed E-state index contributed by atoms with van der Waals surface area (Å²) in [6.45, 7) is 6.51. The molecule has 0 aromatic carbocycles. The Morgan fingerprint density at radius 2 is 2.00 bits per heavy atom. The molecule has 2 heterocycles. The van der Waals surface area contributed by atoms with Crippen LogP contribution in [0.5, 0.6) is 0 Å². The van der Waals surface area contributed by atoms with Gasteiger partial charge >= 0.3 is 0 Å². The maximum atomic E-state index is 5.42. The zero-order chi connectivity index (χ0) is 10.8. The van der Waals surface area contributed by atoms with Crippen LogP contribution in [0.2, 0.25) is 0 Å². The molecule has 0 amide bonds. The van der Waals surface area contributed by atoms with E-state index in [1.54, 1.807) is 0 Å². The van der Waals surface area contributed by atoms with Gasteiger partial charge in [-0.3, -0.25) is 4.68 Å². The van der Waals surface area contributed by atoms with Crippen molar-refractivity contribution in [3.05, 3.63) is 29.2 Å². The second kappa shape index (κ2) is 3.84. The van der Waals surface area contributed by atoms with Crippen molar-refractivity contribution in [2.24, 2.45) is 0 Å². The minimum atomic E-state index is 0.548. The first-order valence-corrected chi connectivity index (χ1v) is 5.01. The molecular weight excluding hydrogens is 192 g/mol. The molecule has 5 nitrogen and oxygen atoms in total. The highest BCUT2D eigenvalue weighted by atomic mass is 16.4. The van der Waals surface area contributed by atoms with Gasteiger partial charge in [0, 0.05) is 12.1 Å². The van der Waals surface area contributed by atoms with Crippen LogP contribution in [0.25, 0.3) is 0 Å². The lowest BCUT2D eigenvalue weighted by molar-refractivity contribution is 0.430. The van der Waals surface area contributed by atoms with Gasteiger partial charge in [-0.1, -0.05) is 6.92 Å². The van der Waals surface area contributed by atoms with E-state index in [0.29, 0.717) is 18.3 Å². The number of hydrogen-bond acceptors (Lipinski definition) is 4. The third kappa shape index (κ3) is 2.06. The zero-order valence-corrected chi connectivity index (χ0v) is 9.19. The maximum absolute atomic E-state index is 5.42. The largest absolute Gasteiger partial charge is 0.423 e. The first-order valence-electron chi connectivity index (χ1n) is 5.01. The predicted molar refractivity (Wildman–Crippen MR) is 54.5 cm³/mol. The van der Waals surface area contributed by atoms with Crippen LogP contribution >= 0.6 is 0 Å². The molecule has 0 bridgehead atoms. The maximum Gasteiger partial charge on any atom is 0.237 e. The number of hydrogen-bond donors (Lipinski definition) is 0. The van der Waals surface area contributed by atoms with Crippen molar-refractivity contribution in [3.8, 4) is 0 Å². The van der Waals surface area contributed by atoms with E-state index in [1.165, 1.54) is 0 Å². The molecule has 0 unspecified atom stereocenters. The van der Waals surface area contributed by atoms with E-state index in [9.17, 15) is 0 Å². The number of rotatable bonds is 3. The Bertz CT molecular complexity index is 458. The van der Waals surface area contributed by atoms with E-state index < -0.39 is 0 Å². The van der Waals surface area contributed by atoms with Crippen LogP contribution in [-0.4, -0.2) is 20.0 Å². The van der Waals surface area contributed by atoms with Crippen molar-refractivity contribution < 1.29 is 4.42 Å². The fourth-order valence-corrected chi connectivity index (χ4v) is 1.46. The van der Waals surface area contributed by atoms with E-state index >= 15 is 0 Å². The van der Waals surface area contributed by atoms with Gasteiger partial charge in [0.2, 0.25) is 11.8 Å². The molecule has 2 aromatic rings. The molecule has 0 saturated carbocycles. The van der Waals surface area contributed by atoms with Crippen LogP contribution in [0.4, 0.5) is 0 Å². The SMILES string of the molecule is CCc1nnc(Cn2nc(C)cc2C)o1. The zero-order valence-electron chi connectivity index (χ0n) is 9.19. The predicted octanol–water partition coefficient (Wildman–Crippen LogP) is 1.49. The van der Waals surface area contributed by atoms with Crippen LogP contribution in [-0.2, 0) is 13.0 Å². The van der Waals surface area contributed by atoms with Gasteiger partial charge in [0.1, 0.15) is 6.54 Å². The average Bonchev–Trinajstić information content (AvgIpc) is 2.75. The molecule has 80 valence electrons. The van der Waals surface area contributed by atoms with E-state index in [2.05, 4.69) is 15.3 Å². The minimum Gasteiger partial charge on any atom is -0.423 e. The summed E-state index contributed by atoms with van der Waals surface area (Å²) < 4.78 is 7.28. The smallest absolute Gasteiger partial charge is 0.237 e. The van der Waals surface area contributed by atoms with Gasteiger partial charge in [0.15, 0.2) is 0 Å². The molecule has 0 radical (unpaired) electrons. The highest BCUT2D eigenvalue weighted by Gasteiger charge is 2.07. The quantitative estimate of drug-likeness (QED) is 0.763. The van der Waals surface area contributed by atoms with Gasteiger partial charge in [-0.05, 0) is 19.9 Å². The normalized spacial score (nSPS) is 10.9. The molecule has 15 heavy (non-hydrogen) atoms. The summed E-state index contributed by atoms with van der Waals surface area (Å²) in [7, 11) is 0. The van der Waals surface area contributed by atoms with Crippen LogP contribution in [0, 0.1) is 13.8 Å². The summed E-state index contributed by atoms with van der Waals surface area (Å²) >= 11 is 0. The molecule has 0 spiro atoms. The van der Waals surface area contributed by atoms with Crippen LogP contribution in [0.1, 0.15) is 30.1 Å². The second-order valence-corrected chi connectivity index (χ2v) is 3.53. The van der Waals surface area contributed by atoms with Gasteiger partial charge in [0.05, 0.1) is 5.69 Å². The minimum absolute atomic E-state index is 0.548. The molecule has 0 aliphatic heterocycles. The third-order valence-electron chi connectivity index (χ3n) is 2.20. The molecule has 0 fully saturated rings. The van der Waals surface area contributed by atoms with E-state index in [4.69, 9.17) is 4.42 Å². The Morgan fingerprint density at radius 1 is 1.27 bits per heavy atom. The van der Waals surface area contributed by atoms with Crippen molar-refractivity contribution in [1.29, 1.82) is 0 Å². The first-order chi connectivity index (χ1) is 7.19. The van der Waals surface area contributed by atoms with Gasteiger partial charge < -0.3 is 4.42 Å². The Morgan fingerprint density at radius 3 is 2.53 bits per heavy atom. The van der Waals surface area contributed by atoms with Crippen molar-refractivity contribution >= 4 is 0 Å². The lowest BCUT2D eigenvalue weighted by atomic mass is 10.4. The Kier molecular flexibility index (Phi) is 2.53. The summed E-state index contributed by atoms with van der Waals surface area (Å²) in [5, 5.41) is 12.2. The summed E-state index contributed by atoms with van der Waals surface area (Å²) in [4.78, 5) is 0. The number of aryl methyl sites for hydroxylation is 3. The lowest BCUT2D eigenvalue weighted by Crippen LogP contribution is -2.04. The van der Waals surface area contributed by atoms with Gasteiger partial charge in [-0.25, -0.2) is 0 Å². The lowest BCUT2D eigenvalue weighted by Gasteiger charge is -1.98. The second-order valence-electron chi connectivity index (χ2n) is 3.53. The molecule has 0 saturated heterocycles. The summed E-state index contributed by atoms with van der Waals surface area (Å²) in [5.74, 6) is 1.28. The van der Waals surface area contributed by atoms with Gasteiger partial charge in [-0.2, -0.15) is 5.10 Å². The van der Waals surface area contributed by atoms with E-state index in [1.807, 2.05) is 31.5 Å². The van der Waals surface area contributed by atoms with E-state index in [-0.39, 0.29) is 0 Å². The van der Waals surface area contributed by atoms with Gasteiger partial charge in [0.25, 0.3) is 0 Å². The van der Waals surface area contributed by atoms with Crippen molar-refractivity contribution in [1.82, 2.24) is 20.0 Å².